The van der Waals surface area contributed by atoms with E-state index in [1.807, 2.05) is 13.8 Å². The number of hydrogen-bond acceptors (Lipinski definition) is 4. The Morgan fingerprint density at radius 1 is 1.31 bits per heavy atom. The van der Waals surface area contributed by atoms with Gasteiger partial charge in [-0.25, -0.2) is 0 Å². The van der Waals surface area contributed by atoms with E-state index in [0.717, 1.165) is 25.9 Å². The summed E-state index contributed by atoms with van der Waals surface area (Å²) in [4.78, 5) is 2.25. The van der Waals surface area contributed by atoms with Crippen LogP contribution in [0.2, 0.25) is 0 Å². The zero-order chi connectivity index (χ0) is 12.0. The maximum Gasteiger partial charge on any atom is 0.0900 e. The van der Waals surface area contributed by atoms with Gasteiger partial charge >= 0.3 is 0 Å². The Hall–Kier alpha value is -0.160. The summed E-state index contributed by atoms with van der Waals surface area (Å²) in [5.74, 6) is 0.459. The number of ether oxygens (including phenoxy) is 1. The van der Waals surface area contributed by atoms with Gasteiger partial charge in [0.05, 0.1) is 18.8 Å². The number of rotatable bonds is 6. The van der Waals surface area contributed by atoms with Crippen LogP contribution in [0.25, 0.3) is 0 Å². The number of nitrogens with zero attached hydrogens (tertiary/aromatic N) is 1. The van der Waals surface area contributed by atoms with Gasteiger partial charge < -0.3 is 19.8 Å². The highest BCUT2D eigenvalue weighted by atomic mass is 16.5. The molecule has 0 aromatic heterocycles. The van der Waals surface area contributed by atoms with Crippen LogP contribution in [0, 0.1) is 5.92 Å². The Morgan fingerprint density at radius 2 is 1.94 bits per heavy atom. The molecule has 1 fully saturated rings. The second-order valence-corrected chi connectivity index (χ2v) is 4.96. The van der Waals surface area contributed by atoms with Gasteiger partial charge in [0.1, 0.15) is 0 Å². The van der Waals surface area contributed by atoms with Crippen LogP contribution in [0.4, 0.5) is 0 Å². The molecule has 1 saturated heterocycles. The Morgan fingerprint density at radius 3 is 2.44 bits per heavy atom. The highest BCUT2D eigenvalue weighted by Crippen LogP contribution is 2.16. The van der Waals surface area contributed by atoms with E-state index < -0.39 is 6.10 Å². The van der Waals surface area contributed by atoms with Gasteiger partial charge in [0.25, 0.3) is 0 Å². The third-order valence-electron chi connectivity index (χ3n) is 3.06. The average molecular weight is 231 g/mol. The van der Waals surface area contributed by atoms with Gasteiger partial charge in [0.2, 0.25) is 0 Å². The van der Waals surface area contributed by atoms with Gasteiger partial charge in [-0.2, -0.15) is 0 Å². The predicted molar refractivity (Wildman–Crippen MR) is 63.3 cm³/mol. The standard InChI is InChI=1S/C12H25NO3/c1-10(2)16-9-12(15)7-13-5-3-11(8-14)4-6-13/h10-12,14-15H,3-9H2,1-2H3. The first-order chi connectivity index (χ1) is 7.61. The fourth-order valence-electron chi connectivity index (χ4n) is 2.01. The van der Waals surface area contributed by atoms with Crippen molar-refractivity contribution in [3.05, 3.63) is 0 Å². The molecule has 1 aliphatic rings. The van der Waals surface area contributed by atoms with Crippen molar-refractivity contribution < 1.29 is 14.9 Å². The molecule has 0 radical (unpaired) electrons. The van der Waals surface area contributed by atoms with E-state index in [9.17, 15) is 5.11 Å². The molecule has 1 unspecified atom stereocenters. The van der Waals surface area contributed by atoms with Gasteiger partial charge in [-0.3, -0.25) is 0 Å². The van der Waals surface area contributed by atoms with Crippen LogP contribution in [-0.2, 0) is 4.74 Å². The summed E-state index contributed by atoms with van der Waals surface area (Å²) in [5.41, 5.74) is 0. The van der Waals surface area contributed by atoms with Gasteiger partial charge in [-0.15, -0.1) is 0 Å². The molecule has 16 heavy (non-hydrogen) atoms. The molecule has 4 nitrogen and oxygen atoms in total. The minimum atomic E-state index is -0.395. The fourth-order valence-corrected chi connectivity index (χ4v) is 2.01. The van der Waals surface area contributed by atoms with Crippen molar-refractivity contribution in [2.45, 2.75) is 38.9 Å². The summed E-state index contributed by atoms with van der Waals surface area (Å²) in [5, 5.41) is 18.8. The van der Waals surface area contributed by atoms with Crippen molar-refractivity contribution in [1.29, 1.82) is 0 Å². The molecule has 96 valence electrons. The second-order valence-electron chi connectivity index (χ2n) is 4.96. The Balaban J connectivity index is 2.13. The third kappa shape index (κ3) is 5.25. The summed E-state index contributed by atoms with van der Waals surface area (Å²) in [7, 11) is 0. The lowest BCUT2D eigenvalue weighted by Crippen LogP contribution is -2.41. The van der Waals surface area contributed by atoms with Gasteiger partial charge in [0, 0.05) is 13.2 Å². The van der Waals surface area contributed by atoms with Crippen molar-refractivity contribution in [2.75, 3.05) is 32.8 Å². The SMILES string of the molecule is CC(C)OCC(O)CN1CCC(CO)CC1. The van der Waals surface area contributed by atoms with E-state index >= 15 is 0 Å². The first kappa shape index (κ1) is 13.9. The monoisotopic (exact) mass is 231 g/mol. The van der Waals surface area contributed by atoms with Crippen LogP contribution in [0.15, 0.2) is 0 Å². The summed E-state index contributed by atoms with van der Waals surface area (Å²) >= 11 is 0. The van der Waals surface area contributed by atoms with Crippen LogP contribution < -0.4 is 0 Å². The third-order valence-corrected chi connectivity index (χ3v) is 3.06. The van der Waals surface area contributed by atoms with E-state index in [4.69, 9.17) is 9.84 Å². The molecular weight excluding hydrogens is 206 g/mol. The molecule has 0 aromatic rings. The van der Waals surface area contributed by atoms with E-state index in [1.165, 1.54) is 0 Å². The maximum atomic E-state index is 9.76. The first-order valence-electron chi connectivity index (χ1n) is 6.24. The maximum absolute atomic E-state index is 9.76. The average Bonchev–Trinajstić information content (AvgIpc) is 2.27. The molecule has 0 aliphatic carbocycles. The lowest BCUT2D eigenvalue weighted by Gasteiger charge is -2.32. The second kappa shape index (κ2) is 7.22. The summed E-state index contributed by atoms with van der Waals surface area (Å²) < 4.78 is 5.37. The summed E-state index contributed by atoms with van der Waals surface area (Å²) in [6.07, 6.45) is 1.85. The Kier molecular flexibility index (Phi) is 6.28. The fraction of sp³-hybridized carbons (Fsp3) is 1.00. The summed E-state index contributed by atoms with van der Waals surface area (Å²) in [6.45, 7) is 7.29. The van der Waals surface area contributed by atoms with E-state index in [2.05, 4.69) is 4.90 Å². The molecular formula is C12H25NO3. The number of hydrogen-bond donors (Lipinski definition) is 2. The molecule has 0 aromatic carbocycles. The molecule has 0 bridgehead atoms. The Bertz CT molecular complexity index is 179. The Labute approximate surface area is 98.2 Å². The quantitative estimate of drug-likeness (QED) is 0.698. The minimum absolute atomic E-state index is 0.176. The molecule has 1 heterocycles. The van der Waals surface area contributed by atoms with Crippen LogP contribution in [0.5, 0.6) is 0 Å². The zero-order valence-corrected chi connectivity index (χ0v) is 10.4. The number of β-amino-alcohol motifs (C(OH)–C–C–N with tert-alkyl or cyclic N) is 1. The normalized spacial score (nSPS) is 21.6. The van der Waals surface area contributed by atoms with E-state index in [1.54, 1.807) is 0 Å². The molecule has 0 spiro atoms. The molecule has 1 aliphatic heterocycles. The van der Waals surface area contributed by atoms with Crippen molar-refractivity contribution >= 4 is 0 Å². The van der Waals surface area contributed by atoms with Gasteiger partial charge in [0.15, 0.2) is 0 Å². The highest BCUT2D eigenvalue weighted by molar-refractivity contribution is 4.73. The predicted octanol–water partition coefficient (Wildman–Crippen LogP) is 0.477. The molecule has 0 amide bonds. The van der Waals surface area contributed by atoms with Crippen molar-refractivity contribution in [3.8, 4) is 0 Å². The first-order valence-corrected chi connectivity index (χ1v) is 6.24. The zero-order valence-electron chi connectivity index (χ0n) is 10.4. The van der Waals surface area contributed by atoms with Crippen LogP contribution in [0.1, 0.15) is 26.7 Å². The van der Waals surface area contributed by atoms with Crippen molar-refractivity contribution in [1.82, 2.24) is 4.90 Å². The van der Waals surface area contributed by atoms with Gasteiger partial charge in [-0.1, -0.05) is 0 Å². The molecule has 2 N–H and O–H groups in total. The molecule has 1 atom stereocenters. The van der Waals surface area contributed by atoms with Crippen molar-refractivity contribution in [3.63, 3.8) is 0 Å². The summed E-state index contributed by atoms with van der Waals surface area (Å²) in [6, 6.07) is 0. The molecule has 0 saturated carbocycles. The lowest BCUT2D eigenvalue weighted by atomic mass is 9.98. The van der Waals surface area contributed by atoms with E-state index in [0.29, 0.717) is 25.7 Å². The lowest BCUT2D eigenvalue weighted by molar-refractivity contribution is -0.0136. The van der Waals surface area contributed by atoms with Gasteiger partial charge in [-0.05, 0) is 45.7 Å². The number of aliphatic hydroxyl groups excluding tert-OH is 2. The molecule has 1 rings (SSSR count). The molecule has 4 heteroatoms. The number of piperidine rings is 1. The smallest absolute Gasteiger partial charge is 0.0900 e. The van der Waals surface area contributed by atoms with Crippen LogP contribution in [0.3, 0.4) is 0 Å². The topological polar surface area (TPSA) is 52.9 Å². The van der Waals surface area contributed by atoms with Crippen LogP contribution in [-0.4, -0.2) is 60.2 Å². The van der Waals surface area contributed by atoms with Crippen LogP contribution >= 0.6 is 0 Å². The van der Waals surface area contributed by atoms with E-state index in [-0.39, 0.29) is 6.10 Å². The number of likely N-dealkylation sites (tertiary alicyclic amines) is 1. The number of aliphatic hydroxyl groups is 2. The minimum Gasteiger partial charge on any atom is -0.396 e. The largest absolute Gasteiger partial charge is 0.396 e. The van der Waals surface area contributed by atoms with Crippen molar-refractivity contribution in [2.24, 2.45) is 5.92 Å². The highest BCUT2D eigenvalue weighted by Gasteiger charge is 2.20.